The van der Waals surface area contributed by atoms with Crippen molar-refractivity contribution in [3.8, 4) is 11.5 Å². The van der Waals surface area contributed by atoms with E-state index in [4.69, 9.17) is 21.1 Å². The van der Waals surface area contributed by atoms with Crippen molar-refractivity contribution in [3.05, 3.63) is 94.5 Å². The Kier molecular flexibility index (Phi) is 6.60. The van der Waals surface area contributed by atoms with Crippen LogP contribution in [0.5, 0.6) is 11.5 Å². The number of esters is 1. The summed E-state index contributed by atoms with van der Waals surface area (Å²) in [6, 6.07) is 19.9. The van der Waals surface area contributed by atoms with Crippen LogP contribution in [0.4, 0.5) is 0 Å². The number of nitrogens with one attached hydrogen (secondary N) is 1. The Morgan fingerprint density at radius 1 is 0.931 bits per heavy atom. The van der Waals surface area contributed by atoms with Gasteiger partial charge in [0.25, 0.3) is 5.91 Å². The van der Waals surface area contributed by atoms with Gasteiger partial charge in [-0.25, -0.2) is 10.2 Å². The molecular weight excluding hydrogens is 392 g/mol. The third-order valence-corrected chi connectivity index (χ3v) is 4.13. The minimum Gasteiger partial charge on any atom is -0.497 e. The zero-order valence-corrected chi connectivity index (χ0v) is 16.2. The van der Waals surface area contributed by atoms with Crippen LogP contribution in [-0.4, -0.2) is 25.2 Å². The number of hydrogen-bond acceptors (Lipinski definition) is 5. The first-order valence-electron chi connectivity index (χ1n) is 8.60. The van der Waals surface area contributed by atoms with Gasteiger partial charge in [-0.15, -0.1) is 0 Å². The number of amides is 1. The minimum atomic E-state index is -0.488. The van der Waals surface area contributed by atoms with Crippen molar-refractivity contribution in [1.82, 2.24) is 5.43 Å². The van der Waals surface area contributed by atoms with Crippen molar-refractivity contribution < 1.29 is 19.1 Å². The van der Waals surface area contributed by atoms with Crippen molar-refractivity contribution in [2.75, 3.05) is 7.11 Å². The lowest BCUT2D eigenvalue weighted by Crippen LogP contribution is -2.17. The van der Waals surface area contributed by atoms with Crippen LogP contribution in [0.2, 0.25) is 5.02 Å². The van der Waals surface area contributed by atoms with Crippen LogP contribution in [-0.2, 0) is 0 Å². The van der Waals surface area contributed by atoms with E-state index in [-0.39, 0.29) is 5.91 Å². The van der Waals surface area contributed by atoms with E-state index in [1.807, 2.05) is 0 Å². The Labute approximate surface area is 172 Å². The zero-order chi connectivity index (χ0) is 20.6. The van der Waals surface area contributed by atoms with Gasteiger partial charge in [-0.3, -0.25) is 4.79 Å². The molecule has 0 spiro atoms. The highest BCUT2D eigenvalue weighted by atomic mass is 35.5. The largest absolute Gasteiger partial charge is 0.497 e. The number of hydrogen-bond donors (Lipinski definition) is 1. The summed E-state index contributed by atoms with van der Waals surface area (Å²) in [5.41, 5.74) is 3.93. The lowest BCUT2D eigenvalue weighted by Gasteiger charge is -2.06. The van der Waals surface area contributed by atoms with Gasteiger partial charge in [-0.2, -0.15) is 5.10 Å². The van der Waals surface area contributed by atoms with Crippen LogP contribution in [0.3, 0.4) is 0 Å². The Balaban J connectivity index is 1.61. The van der Waals surface area contributed by atoms with E-state index in [0.29, 0.717) is 33.2 Å². The van der Waals surface area contributed by atoms with E-state index in [0.717, 1.165) is 0 Å². The van der Waals surface area contributed by atoms with Crippen LogP contribution in [0.1, 0.15) is 26.3 Å². The first-order valence-corrected chi connectivity index (χ1v) is 8.98. The second kappa shape index (κ2) is 9.52. The molecule has 0 unspecified atom stereocenters. The molecule has 1 amide bonds. The van der Waals surface area contributed by atoms with Crippen LogP contribution < -0.4 is 14.9 Å². The van der Waals surface area contributed by atoms with E-state index in [2.05, 4.69) is 10.5 Å². The average Bonchev–Trinajstić information content (AvgIpc) is 2.74. The molecule has 0 saturated heterocycles. The van der Waals surface area contributed by atoms with E-state index < -0.39 is 5.97 Å². The topological polar surface area (TPSA) is 77.0 Å². The summed E-state index contributed by atoms with van der Waals surface area (Å²) in [6.45, 7) is 0. The molecule has 0 saturated carbocycles. The van der Waals surface area contributed by atoms with Crippen molar-refractivity contribution in [2.24, 2.45) is 5.10 Å². The van der Waals surface area contributed by atoms with E-state index >= 15 is 0 Å². The van der Waals surface area contributed by atoms with Gasteiger partial charge < -0.3 is 9.47 Å². The van der Waals surface area contributed by atoms with Crippen molar-refractivity contribution in [1.29, 1.82) is 0 Å². The minimum absolute atomic E-state index is 0.360. The lowest BCUT2D eigenvalue weighted by atomic mass is 10.2. The fourth-order valence-corrected chi connectivity index (χ4v) is 2.51. The highest BCUT2D eigenvalue weighted by Gasteiger charge is 2.09. The molecule has 3 aromatic rings. The molecule has 6 nitrogen and oxygen atoms in total. The second-order valence-electron chi connectivity index (χ2n) is 5.90. The maximum atomic E-state index is 12.2. The molecule has 3 aromatic carbocycles. The molecule has 0 fully saturated rings. The second-order valence-corrected chi connectivity index (χ2v) is 6.33. The number of halogens is 1. The van der Waals surface area contributed by atoms with Gasteiger partial charge in [0, 0.05) is 10.6 Å². The van der Waals surface area contributed by atoms with Gasteiger partial charge >= 0.3 is 5.97 Å². The molecule has 0 radical (unpaired) electrons. The summed E-state index contributed by atoms with van der Waals surface area (Å²) in [5, 5.41) is 4.47. The SMILES string of the molecule is COc1ccc(C(=O)Oc2cccc(C=NNC(=O)c3ccc(Cl)cc3)c2)cc1. The predicted octanol–water partition coefficient (Wildman–Crippen LogP) is 4.33. The molecule has 0 aliphatic rings. The Morgan fingerprint density at radius 3 is 2.31 bits per heavy atom. The molecule has 0 aromatic heterocycles. The van der Waals surface area contributed by atoms with Gasteiger partial charge in [-0.1, -0.05) is 23.7 Å². The number of carbonyl (C=O) groups excluding carboxylic acids is 2. The van der Waals surface area contributed by atoms with Crippen LogP contribution in [0, 0.1) is 0 Å². The molecule has 0 heterocycles. The van der Waals surface area contributed by atoms with Crippen molar-refractivity contribution in [3.63, 3.8) is 0 Å². The molecule has 0 bridgehead atoms. The van der Waals surface area contributed by atoms with Gasteiger partial charge in [0.15, 0.2) is 0 Å². The first-order chi connectivity index (χ1) is 14.0. The quantitative estimate of drug-likeness (QED) is 0.285. The molecule has 0 aliphatic carbocycles. The molecule has 0 atom stereocenters. The van der Waals surface area contributed by atoms with E-state index in [9.17, 15) is 9.59 Å². The average molecular weight is 409 g/mol. The lowest BCUT2D eigenvalue weighted by molar-refractivity contribution is 0.0734. The predicted molar refractivity (Wildman–Crippen MR) is 111 cm³/mol. The molecule has 3 rings (SSSR count). The number of nitrogens with zero attached hydrogens (tertiary/aromatic N) is 1. The Hall–Kier alpha value is -3.64. The Morgan fingerprint density at radius 2 is 1.62 bits per heavy atom. The number of methoxy groups -OCH3 is 1. The summed E-state index contributed by atoms with van der Waals surface area (Å²) in [6.07, 6.45) is 1.46. The number of hydrazone groups is 1. The summed E-state index contributed by atoms with van der Waals surface area (Å²) < 4.78 is 10.4. The van der Waals surface area contributed by atoms with Gasteiger partial charge in [-0.05, 0) is 66.2 Å². The standard InChI is InChI=1S/C22H17ClN2O4/c1-28-19-11-7-17(8-12-19)22(27)29-20-4-2-3-15(13-20)14-24-25-21(26)16-5-9-18(23)10-6-16/h2-14H,1H3,(H,25,26). The monoisotopic (exact) mass is 408 g/mol. The van der Waals surface area contributed by atoms with E-state index in [1.165, 1.54) is 6.21 Å². The molecule has 29 heavy (non-hydrogen) atoms. The maximum absolute atomic E-state index is 12.2. The normalized spacial score (nSPS) is 10.6. The molecular formula is C22H17ClN2O4. The van der Waals surface area contributed by atoms with Gasteiger partial charge in [0.2, 0.25) is 0 Å². The number of carbonyl (C=O) groups is 2. The first kappa shape index (κ1) is 20.1. The van der Waals surface area contributed by atoms with Crippen molar-refractivity contribution in [2.45, 2.75) is 0 Å². The van der Waals surface area contributed by atoms with Crippen molar-refractivity contribution >= 4 is 29.7 Å². The summed E-state index contributed by atoms with van der Waals surface area (Å²) in [7, 11) is 1.55. The maximum Gasteiger partial charge on any atom is 0.343 e. The summed E-state index contributed by atoms with van der Waals surface area (Å²) in [4.78, 5) is 24.3. The number of ether oxygens (including phenoxy) is 2. The van der Waals surface area contributed by atoms with Gasteiger partial charge in [0.1, 0.15) is 11.5 Å². The summed E-state index contributed by atoms with van der Waals surface area (Å²) in [5.74, 6) is 0.164. The fourth-order valence-electron chi connectivity index (χ4n) is 2.38. The molecule has 146 valence electrons. The van der Waals surface area contributed by atoms with Gasteiger partial charge in [0.05, 0.1) is 18.9 Å². The highest BCUT2D eigenvalue weighted by molar-refractivity contribution is 6.30. The van der Waals surface area contributed by atoms with Crippen LogP contribution in [0.25, 0.3) is 0 Å². The molecule has 0 aliphatic heterocycles. The molecule has 7 heteroatoms. The Bertz CT molecular complexity index is 1030. The zero-order valence-electron chi connectivity index (χ0n) is 15.5. The van der Waals surface area contributed by atoms with E-state index in [1.54, 1.807) is 79.9 Å². The fraction of sp³-hybridized carbons (Fsp3) is 0.0455. The van der Waals surface area contributed by atoms with Crippen LogP contribution in [0.15, 0.2) is 77.9 Å². The number of benzene rings is 3. The highest BCUT2D eigenvalue weighted by Crippen LogP contribution is 2.16. The third kappa shape index (κ3) is 5.67. The summed E-state index contributed by atoms with van der Waals surface area (Å²) >= 11 is 5.80. The molecule has 1 N–H and O–H groups in total. The smallest absolute Gasteiger partial charge is 0.343 e. The van der Waals surface area contributed by atoms with Crippen LogP contribution >= 0.6 is 11.6 Å². The number of rotatable bonds is 6. The third-order valence-electron chi connectivity index (χ3n) is 3.88.